The van der Waals surface area contributed by atoms with E-state index in [1.807, 2.05) is 19.9 Å². The van der Waals surface area contributed by atoms with E-state index in [4.69, 9.17) is 10.4 Å². The van der Waals surface area contributed by atoms with Crippen LogP contribution in [-0.2, 0) is 0 Å². The molecule has 0 saturated carbocycles. The molecule has 1 amide bonds. The number of carboxylic acid groups (broad SMARTS) is 1. The van der Waals surface area contributed by atoms with Crippen LogP contribution in [0.4, 0.5) is 10.6 Å². The lowest BCUT2D eigenvalue weighted by Gasteiger charge is -2.46. The largest absolute Gasteiger partial charge is 0.465 e. The van der Waals surface area contributed by atoms with Crippen molar-refractivity contribution in [2.45, 2.75) is 19.4 Å². The van der Waals surface area contributed by atoms with Gasteiger partial charge in [-0.25, -0.2) is 9.78 Å². The monoisotopic (exact) mass is 260 g/mol. The van der Waals surface area contributed by atoms with Crippen LogP contribution >= 0.6 is 0 Å². The molecule has 2 heterocycles. The Kier molecular flexibility index (Phi) is 3.30. The van der Waals surface area contributed by atoms with Crippen molar-refractivity contribution in [1.29, 1.82) is 5.26 Å². The summed E-state index contributed by atoms with van der Waals surface area (Å²) in [6.07, 6.45) is 0.648. The molecule has 100 valence electrons. The second-order valence-electron chi connectivity index (χ2n) is 5.19. The quantitative estimate of drug-likeness (QED) is 0.828. The minimum atomic E-state index is -0.888. The Morgan fingerprint density at radius 2 is 2.21 bits per heavy atom. The summed E-state index contributed by atoms with van der Waals surface area (Å²) in [5.74, 6) is 0.772. The molecule has 1 fully saturated rings. The second-order valence-corrected chi connectivity index (χ2v) is 5.19. The van der Waals surface area contributed by atoms with E-state index in [0.717, 1.165) is 5.82 Å². The fourth-order valence-corrected chi connectivity index (χ4v) is 2.35. The number of aromatic nitrogens is 1. The fourth-order valence-electron chi connectivity index (χ4n) is 2.35. The number of nitriles is 1. The standard InChI is InChI=1S/C13H16N4O2/c1-13(2)9-16(12(18)19)5-6-17(13)11-4-3-10(7-14)8-15-11/h3-4,8H,5-6,9H2,1-2H3,(H,18,19). The third kappa shape index (κ3) is 2.60. The van der Waals surface area contributed by atoms with Gasteiger partial charge in [0.05, 0.1) is 11.1 Å². The van der Waals surface area contributed by atoms with Crippen molar-refractivity contribution in [3.05, 3.63) is 23.9 Å². The van der Waals surface area contributed by atoms with E-state index in [-0.39, 0.29) is 5.54 Å². The minimum Gasteiger partial charge on any atom is -0.465 e. The first-order chi connectivity index (χ1) is 8.94. The molecule has 1 aromatic heterocycles. The molecule has 0 spiro atoms. The highest BCUT2D eigenvalue weighted by Gasteiger charge is 2.36. The van der Waals surface area contributed by atoms with Crippen LogP contribution in [0, 0.1) is 11.3 Å². The summed E-state index contributed by atoms with van der Waals surface area (Å²) >= 11 is 0. The van der Waals surface area contributed by atoms with Gasteiger partial charge in [-0.3, -0.25) is 0 Å². The van der Waals surface area contributed by atoms with Gasteiger partial charge in [-0.05, 0) is 26.0 Å². The first-order valence-electron chi connectivity index (χ1n) is 6.06. The van der Waals surface area contributed by atoms with Gasteiger partial charge in [0, 0.05) is 25.8 Å². The van der Waals surface area contributed by atoms with Crippen LogP contribution in [0.1, 0.15) is 19.4 Å². The first-order valence-corrected chi connectivity index (χ1v) is 6.06. The number of nitrogens with zero attached hydrogens (tertiary/aromatic N) is 4. The van der Waals surface area contributed by atoms with Gasteiger partial charge in [-0.2, -0.15) is 5.26 Å². The maximum atomic E-state index is 11.0. The number of amides is 1. The van der Waals surface area contributed by atoms with Gasteiger partial charge in [0.2, 0.25) is 0 Å². The lowest BCUT2D eigenvalue weighted by Crippen LogP contribution is -2.60. The highest BCUT2D eigenvalue weighted by Crippen LogP contribution is 2.26. The van der Waals surface area contributed by atoms with E-state index in [1.165, 1.54) is 11.1 Å². The van der Waals surface area contributed by atoms with Crippen molar-refractivity contribution in [2.24, 2.45) is 0 Å². The lowest BCUT2D eigenvalue weighted by molar-refractivity contribution is 0.123. The molecule has 1 aromatic rings. The third-order valence-corrected chi connectivity index (χ3v) is 3.33. The predicted molar refractivity (Wildman–Crippen MR) is 70.0 cm³/mol. The molecule has 0 unspecified atom stereocenters. The smallest absolute Gasteiger partial charge is 0.407 e. The minimum absolute atomic E-state index is 0.322. The van der Waals surface area contributed by atoms with Crippen molar-refractivity contribution in [3.63, 3.8) is 0 Å². The summed E-state index contributed by atoms with van der Waals surface area (Å²) < 4.78 is 0. The molecule has 2 rings (SSSR count). The highest BCUT2D eigenvalue weighted by molar-refractivity contribution is 5.66. The molecule has 1 aliphatic rings. The van der Waals surface area contributed by atoms with E-state index in [1.54, 1.807) is 12.1 Å². The molecular formula is C13H16N4O2. The van der Waals surface area contributed by atoms with Gasteiger partial charge in [-0.15, -0.1) is 0 Å². The number of anilines is 1. The molecule has 6 heteroatoms. The van der Waals surface area contributed by atoms with E-state index < -0.39 is 6.09 Å². The Morgan fingerprint density at radius 3 is 2.68 bits per heavy atom. The van der Waals surface area contributed by atoms with Gasteiger partial charge in [0.25, 0.3) is 0 Å². The molecule has 0 atom stereocenters. The van der Waals surface area contributed by atoms with E-state index in [0.29, 0.717) is 25.2 Å². The summed E-state index contributed by atoms with van der Waals surface area (Å²) in [7, 11) is 0. The maximum Gasteiger partial charge on any atom is 0.407 e. The molecule has 6 nitrogen and oxygen atoms in total. The van der Waals surface area contributed by atoms with Crippen molar-refractivity contribution < 1.29 is 9.90 Å². The maximum absolute atomic E-state index is 11.0. The van der Waals surface area contributed by atoms with Crippen LogP contribution in [0.25, 0.3) is 0 Å². The van der Waals surface area contributed by atoms with E-state index >= 15 is 0 Å². The molecule has 0 bridgehead atoms. The normalized spacial score (nSPS) is 17.9. The topological polar surface area (TPSA) is 80.5 Å². The van der Waals surface area contributed by atoms with Crippen molar-refractivity contribution in [1.82, 2.24) is 9.88 Å². The van der Waals surface area contributed by atoms with Crippen LogP contribution in [0.3, 0.4) is 0 Å². The van der Waals surface area contributed by atoms with Gasteiger partial charge in [0.15, 0.2) is 0 Å². The van der Waals surface area contributed by atoms with Crippen LogP contribution in [-0.4, -0.2) is 46.3 Å². The average Bonchev–Trinajstić information content (AvgIpc) is 2.37. The van der Waals surface area contributed by atoms with Gasteiger partial charge < -0.3 is 14.9 Å². The average molecular weight is 260 g/mol. The molecule has 19 heavy (non-hydrogen) atoms. The molecule has 0 radical (unpaired) electrons. The molecule has 1 aliphatic heterocycles. The second kappa shape index (κ2) is 4.76. The highest BCUT2D eigenvalue weighted by atomic mass is 16.4. The van der Waals surface area contributed by atoms with Gasteiger partial charge >= 0.3 is 6.09 Å². The number of carbonyl (C=O) groups is 1. The lowest BCUT2D eigenvalue weighted by atomic mass is 9.99. The number of hydrogen-bond donors (Lipinski definition) is 1. The SMILES string of the molecule is CC1(C)CN(C(=O)O)CCN1c1ccc(C#N)cn1. The number of rotatable bonds is 1. The van der Waals surface area contributed by atoms with Crippen molar-refractivity contribution in [2.75, 3.05) is 24.5 Å². The molecule has 1 N–H and O–H groups in total. The molecule has 0 aromatic carbocycles. The Balaban J connectivity index is 2.21. The zero-order chi connectivity index (χ0) is 14.0. The van der Waals surface area contributed by atoms with Crippen LogP contribution in [0.5, 0.6) is 0 Å². The number of pyridine rings is 1. The summed E-state index contributed by atoms with van der Waals surface area (Å²) in [5.41, 5.74) is 0.198. The Labute approximate surface area is 111 Å². The summed E-state index contributed by atoms with van der Waals surface area (Å²) in [4.78, 5) is 18.8. The summed E-state index contributed by atoms with van der Waals surface area (Å²) in [6, 6.07) is 5.56. The van der Waals surface area contributed by atoms with Crippen LogP contribution in [0.15, 0.2) is 18.3 Å². The van der Waals surface area contributed by atoms with Gasteiger partial charge in [0.1, 0.15) is 11.9 Å². The van der Waals surface area contributed by atoms with E-state index in [2.05, 4.69) is 9.88 Å². The third-order valence-electron chi connectivity index (χ3n) is 3.33. The molecule has 1 saturated heterocycles. The number of piperazine rings is 1. The zero-order valence-electron chi connectivity index (χ0n) is 11.0. The summed E-state index contributed by atoms with van der Waals surface area (Å²) in [5, 5.41) is 17.8. The summed E-state index contributed by atoms with van der Waals surface area (Å²) in [6.45, 7) is 5.46. The van der Waals surface area contributed by atoms with Crippen LogP contribution in [0.2, 0.25) is 0 Å². The van der Waals surface area contributed by atoms with E-state index in [9.17, 15) is 4.79 Å². The number of hydrogen-bond acceptors (Lipinski definition) is 4. The van der Waals surface area contributed by atoms with Crippen molar-refractivity contribution >= 4 is 11.9 Å². The Hall–Kier alpha value is -2.29. The fraction of sp³-hybridized carbons (Fsp3) is 0.462. The Morgan fingerprint density at radius 1 is 1.47 bits per heavy atom. The first kappa shape index (κ1) is 13.1. The molecular weight excluding hydrogens is 244 g/mol. The zero-order valence-corrected chi connectivity index (χ0v) is 11.0. The van der Waals surface area contributed by atoms with Crippen LogP contribution < -0.4 is 4.90 Å². The predicted octanol–water partition coefficient (Wildman–Crippen LogP) is 1.53. The van der Waals surface area contributed by atoms with Crippen molar-refractivity contribution in [3.8, 4) is 6.07 Å². The van der Waals surface area contributed by atoms with Gasteiger partial charge in [-0.1, -0.05) is 0 Å². The Bertz CT molecular complexity index is 518. The molecule has 0 aliphatic carbocycles.